The van der Waals surface area contributed by atoms with Gasteiger partial charge in [0.05, 0.1) is 6.04 Å². The predicted molar refractivity (Wildman–Crippen MR) is 66.4 cm³/mol. The van der Waals surface area contributed by atoms with Crippen LogP contribution < -0.4 is 10.6 Å². The van der Waals surface area contributed by atoms with E-state index in [0.29, 0.717) is 6.04 Å². The van der Waals surface area contributed by atoms with E-state index in [1.807, 2.05) is 0 Å². The van der Waals surface area contributed by atoms with Gasteiger partial charge in [0.2, 0.25) is 5.91 Å². The summed E-state index contributed by atoms with van der Waals surface area (Å²) >= 11 is 0. The Morgan fingerprint density at radius 1 is 1.50 bits per heavy atom. The molecule has 1 fully saturated rings. The maximum absolute atomic E-state index is 11.6. The zero-order chi connectivity index (χ0) is 12.0. The van der Waals surface area contributed by atoms with Gasteiger partial charge in [-0.2, -0.15) is 0 Å². The van der Waals surface area contributed by atoms with E-state index < -0.39 is 0 Å². The van der Waals surface area contributed by atoms with Crippen LogP contribution in [0.5, 0.6) is 0 Å². The minimum absolute atomic E-state index is 0.115. The van der Waals surface area contributed by atoms with E-state index in [9.17, 15) is 4.79 Å². The number of rotatable bonds is 6. The van der Waals surface area contributed by atoms with Crippen LogP contribution in [-0.2, 0) is 4.79 Å². The van der Waals surface area contributed by atoms with Gasteiger partial charge < -0.3 is 10.6 Å². The number of hydrogen-bond acceptors (Lipinski definition) is 3. The number of nitrogens with one attached hydrogen (secondary N) is 2. The fourth-order valence-corrected chi connectivity index (χ4v) is 2.23. The highest BCUT2D eigenvalue weighted by molar-refractivity contribution is 5.81. The van der Waals surface area contributed by atoms with Gasteiger partial charge in [0, 0.05) is 19.6 Å². The molecule has 1 rings (SSSR count). The van der Waals surface area contributed by atoms with Crippen molar-refractivity contribution in [1.29, 1.82) is 0 Å². The first-order valence-electron chi connectivity index (χ1n) is 6.34. The Kier molecular flexibility index (Phi) is 5.77. The molecule has 0 radical (unpaired) electrons. The molecular weight excluding hydrogens is 202 g/mol. The van der Waals surface area contributed by atoms with Crippen LogP contribution in [0.25, 0.3) is 0 Å². The van der Waals surface area contributed by atoms with Crippen LogP contribution in [0.1, 0.15) is 33.1 Å². The largest absolute Gasteiger partial charge is 0.358 e. The summed E-state index contributed by atoms with van der Waals surface area (Å²) in [5, 5.41) is 6.15. The summed E-state index contributed by atoms with van der Waals surface area (Å²) in [5.41, 5.74) is 0. The van der Waals surface area contributed by atoms with Crippen LogP contribution in [-0.4, -0.2) is 49.6 Å². The Labute approximate surface area is 98.8 Å². The smallest absolute Gasteiger partial charge is 0.237 e. The van der Waals surface area contributed by atoms with Crippen molar-refractivity contribution in [1.82, 2.24) is 15.5 Å². The molecule has 1 aliphatic rings. The molecule has 0 spiro atoms. The Hall–Kier alpha value is -0.610. The third kappa shape index (κ3) is 4.10. The van der Waals surface area contributed by atoms with Gasteiger partial charge in [-0.15, -0.1) is 0 Å². The molecule has 4 nitrogen and oxygen atoms in total. The molecule has 0 aromatic heterocycles. The summed E-state index contributed by atoms with van der Waals surface area (Å²) in [6, 6.07) is 0.664. The highest BCUT2D eigenvalue weighted by atomic mass is 16.2. The quantitative estimate of drug-likeness (QED) is 0.653. The molecule has 1 amide bonds. The lowest BCUT2D eigenvalue weighted by Gasteiger charge is -2.23. The highest BCUT2D eigenvalue weighted by Crippen LogP contribution is 2.17. The zero-order valence-electron chi connectivity index (χ0n) is 10.8. The topological polar surface area (TPSA) is 44.4 Å². The van der Waals surface area contributed by atoms with E-state index in [-0.39, 0.29) is 11.9 Å². The van der Waals surface area contributed by atoms with Crippen LogP contribution in [0.15, 0.2) is 0 Å². The second-order valence-corrected chi connectivity index (χ2v) is 4.77. The number of carbonyl (C=O) groups is 1. The molecular formula is C12H25N3O. The van der Waals surface area contributed by atoms with Crippen molar-refractivity contribution in [2.75, 3.05) is 26.7 Å². The van der Waals surface area contributed by atoms with Crippen molar-refractivity contribution < 1.29 is 4.79 Å². The van der Waals surface area contributed by atoms with Gasteiger partial charge in [-0.3, -0.25) is 9.69 Å². The van der Waals surface area contributed by atoms with Crippen molar-refractivity contribution in [2.24, 2.45) is 0 Å². The second-order valence-electron chi connectivity index (χ2n) is 4.77. The lowest BCUT2D eigenvalue weighted by molar-refractivity contribution is -0.124. The molecule has 0 saturated carbocycles. The average Bonchev–Trinajstić information content (AvgIpc) is 2.71. The van der Waals surface area contributed by atoms with Gasteiger partial charge in [-0.1, -0.05) is 13.8 Å². The number of likely N-dealkylation sites (N-methyl/N-ethyl adjacent to an activating group) is 1. The van der Waals surface area contributed by atoms with Crippen LogP contribution in [0.4, 0.5) is 0 Å². The molecule has 0 aliphatic carbocycles. The van der Waals surface area contributed by atoms with E-state index in [1.165, 1.54) is 0 Å². The van der Waals surface area contributed by atoms with Gasteiger partial charge in [0.25, 0.3) is 0 Å². The lowest BCUT2D eigenvalue weighted by Crippen LogP contribution is -2.42. The molecule has 1 heterocycles. The van der Waals surface area contributed by atoms with Crippen molar-refractivity contribution in [3.05, 3.63) is 0 Å². The normalized spacial score (nSPS) is 21.6. The molecule has 1 aliphatic heterocycles. The van der Waals surface area contributed by atoms with Gasteiger partial charge >= 0.3 is 0 Å². The van der Waals surface area contributed by atoms with E-state index >= 15 is 0 Å². The average molecular weight is 227 g/mol. The summed E-state index contributed by atoms with van der Waals surface area (Å²) in [6.45, 7) is 7.44. The minimum Gasteiger partial charge on any atom is -0.358 e. The van der Waals surface area contributed by atoms with Crippen LogP contribution in [0, 0.1) is 0 Å². The van der Waals surface area contributed by atoms with E-state index in [2.05, 4.69) is 29.4 Å². The van der Waals surface area contributed by atoms with Gasteiger partial charge in [-0.05, 0) is 32.4 Å². The lowest BCUT2D eigenvalue weighted by atomic mass is 10.2. The monoisotopic (exact) mass is 227 g/mol. The summed E-state index contributed by atoms with van der Waals surface area (Å²) in [4.78, 5) is 13.9. The fourth-order valence-electron chi connectivity index (χ4n) is 2.23. The SMILES string of the molecule is CNC(=O)C1CCCN1CCCNC(C)C. The molecule has 4 heteroatoms. The summed E-state index contributed by atoms with van der Waals surface area (Å²) in [7, 11) is 1.72. The molecule has 0 aromatic carbocycles. The maximum Gasteiger partial charge on any atom is 0.237 e. The van der Waals surface area contributed by atoms with Crippen LogP contribution in [0.3, 0.4) is 0 Å². The second kappa shape index (κ2) is 6.86. The van der Waals surface area contributed by atoms with Crippen molar-refractivity contribution in [2.45, 2.75) is 45.2 Å². The van der Waals surface area contributed by atoms with E-state index in [0.717, 1.165) is 38.9 Å². The number of likely N-dealkylation sites (tertiary alicyclic amines) is 1. The van der Waals surface area contributed by atoms with Gasteiger partial charge in [0.1, 0.15) is 0 Å². The molecule has 1 saturated heterocycles. The van der Waals surface area contributed by atoms with Gasteiger partial charge in [-0.25, -0.2) is 0 Å². The first kappa shape index (κ1) is 13.5. The number of hydrogen-bond donors (Lipinski definition) is 2. The Bertz CT molecular complexity index is 218. The van der Waals surface area contributed by atoms with Crippen LogP contribution >= 0.6 is 0 Å². The number of nitrogens with zero attached hydrogens (tertiary/aromatic N) is 1. The molecule has 16 heavy (non-hydrogen) atoms. The number of amides is 1. The van der Waals surface area contributed by atoms with Gasteiger partial charge in [0.15, 0.2) is 0 Å². The van der Waals surface area contributed by atoms with Crippen molar-refractivity contribution >= 4 is 5.91 Å². The molecule has 1 atom stereocenters. The Morgan fingerprint density at radius 3 is 2.88 bits per heavy atom. The first-order valence-corrected chi connectivity index (χ1v) is 6.34. The fraction of sp³-hybridized carbons (Fsp3) is 0.917. The molecule has 94 valence electrons. The Balaban J connectivity index is 2.22. The summed E-state index contributed by atoms with van der Waals surface area (Å²) in [5.74, 6) is 0.175. The van der Waals surface area contributed by atoms with Crippen molar-refractivity contribution in [3.63, 3.8) is 0 Å². The molecule has 1 unspecified atom stereocenters. The summed E-state index contributed by atoms with van der Waals surface area (Å²) < 4.78 is 0. The van der Waals surface area contributed by atoms with E-state index in [4.69, 9.17) is 0 Å². The van der Waals surface area contributed by atoms with Crippen LogP contribution in [0.2, 0.25) is 0 Å². The minimum atomic E-state index is 0.115. The predicted octanol–water partition coefficient (Wildman–Crippen LogP) is 0.585. The third-order valence-corrected chi connectivity index (χ3v) is 3.09. The molecule has 2 N–H and O–H groups in total. The third-order valence-electron chi connectivity index (χ3n) is 3.09. The Morgan fingerprint density at radius 2 is 2.25 bits per heavy atom. The first-order chi connectivity index (χ1) is 7.65. The summed E-state index contributed by atoms with van der Waals surface area (Å²) in [6.07, 6.45) is 3.28. The van der Waals surface area contributed by atoms with Crippen molar-refractivity contribution in [3.8, 4) is 0 Å². The zero-order valence-corrected chi connectivity index (χ0v) is 10.8. The standard InChI is InChI=1S/C12H25N3O/c1-10(2)14-7-5-9-15-8-4-6-11(15)12(16)13-3/h10-11,14H,4-9H2,1-3H3,(H,13,16). The van der Waals surface area contributed by atoms with E-state index in [1.54, 1.807) is 7.05 Å². The number of carbonyl (C=O) groups excluding carboxylic acids is 1. The molecule has 0 aromatic rings. The highest BCUT2D eigenvalue weighted by Gasteiger charge is 2.29. The molecule has 0 bridgehead atoms. The maximum atomic E-state index is 11.6.